The molecule has 3 N–H and O–H groups in total. The lowest BCUT2D eigenvalue weighted by molar-refractivity contribution is -0.176. The molecule has 1 aliphatic heterocycles. The molecule has 7 rings (SSSR count). The van der Waals surface area contributed by atoms with E-state index >= 15 is 0 Å². The topological polar surface area (TPSA) is 98.7 Å². The van der Waals surface area contributed by atoms with E-state index in [0.29, 0.717) is 53.8 Å². The Kier molecular flexibility index (Phi) is 21.4. The minimum Gasteiger partial charge on any atom is -0.478 e. The number of rotatable bonds is 6. The lowest BCUT2D eigenvalue weighted by atomic mass is 9.36. The van der Waals surface area contributed by atoms with Gasteiger partial charge in [0, 0.05) is 26.2 Å². The lowest BCUT2D eigenvalue weighted by Crippen LogP contribution is -2.60. The molecular weight excluding hydrogens is 719 g/mol. The number of hydrogen-bond donors (Lipinski definition) is 3. The first-order chi connectivity index (χ1) is 27.7. The standard InChI is InChI=1S/C33H46O2.C7H13N3O2.C3H6.C2H6.3C2H2/c1-30(2)24(21-8-10-22(11-9-21)29(34)35)15-19-33(5)27(30)16-20-32(4)26-14-18-31(3)17-6-7-25(31)23(26)12-13-28(32)33;11-6-8-1-3-10-4-2-9-7(12)5-10;1-3-2;4*1-2/h8-11,15,23,25-28H,6-7,12-14,16-20H2,1-5H3,(H,34,35);6H,1-5H2,(H,8,11)(H,9,12);3H,1H2,2H3;1-2H3;3*1-2H/t23-,25?,26?,27?,28?,31-,32+,33+;;;;;;/m1....../s1. The smallest absolute Gasteiger partial charge is 0.335 e. The van der Waals surface area contributed by atoms with Crippen LogP contribution in [0, 0.1) is 89.8 Å². The summed E-state index contributed by atoms with van der Waals surface area (Å²) >= 11 is 0. The highest BCUT2D eigenvalue weighted by Gasteiger charge is 2.64. The van der Waals surface area contributed by atoms with Crippen molar-refractivity contribution in [1.29, 1.82) is 0 Å². The molecule has 8 atom stereocenters. The molecule has 0 bridgehead atoms. The maximum absolute atomic E-state index is 11.4. The van der Waals surface area contributed by atoms with E-state index in [1.807, 2.05) is 37.8 Å². The summed E-state index contributed by atoms with van der Waals surface area (Å²) in [7, 11) is 0. The fourth-order valence-electron chi connectivity index (χ4n) is 12.6. The van der Waals surface area contributed by atoms with Gasteiger partial charge in [-0.2, -0.15) is 0 Å². The van der Waals surface area contributed by atoms with Crippen molar-refractivity contribution in [3.8, 4) is 38.5 Å². The number of carboxylic acids is 1. The molecule has 58 heavy (non-hydrogen) atoms. The third-order valence-electron chi connectivity index (χ3n) is 14.7. The van der Waals surface area contributed by atoms with Crippen molar-refractivity contribution >= 4 is 23.9 Å². The van der Waals surface area contributed by atoms with Crippen LogP contribution in [0.4, 0.5) is 0 Å². The van der Waals surface area contributed by atoms with E-state index in [1.54, 1.807) is 18.2 Å². The Morgan fingerprint density at radius 2 is 1.52 bits per heavy atom. The maximum Gasteiger partial charge on any atom is 0.335 e. The minimum atomic E-state index is -0.844. The summed E-state index contributed by atoms with van der Waals surface area (Å²) in [6.07, 6.45) is 43.2. The Morgan fingerprint density at radius 3 is 2.09 bits per heavy atom. The molecule has 5 fully saturated rings. The predicted octanol–water partition coefficient (Wildman–Crippen LogP) is 9.99. The fraction of sp³-hybridized carbons (Fsp3) is 0.627. The van der Waals surface area contributed by atoms with Crippen LogP contribution in [0.5, 0.6) is 0 Å². The molecule has 1 heterocycles. The number of benzene rings is 1. The Balaban J connectivity index is 0.000000611. The molecule has 0 radical (unpaired) electrons. The number of nitrogens with one attached hydrogen (secondary N) is 2. The average molecular weight is 796 g/mol. The number of amides is 2. The quantitative estimate of drug-likeness (QED) is 0.115. The van der Waals surface area contributed by atoms with Crippen molar-refractivity contribution in [2.75, 3.05) is 32.7 Å². The third kappa shape index (κ3) is 11.3. The molecule has 1 aromatic carbocycles. The summed E-state index contributed by atoms with van der Waals surface area (Å²) in [4.78, 5) is 34.1. The van der Waals surface area contributed by atoms with Crippen molar-refractivity contribution in [3.63, 3.8) is 0 Å². The highest BCUT2D eigenvalue weighted by molar-refractivity contribution is 5.88. The van der Waals surface area contributed by atoms with Gasteiger partial charge in [0.05, 0.1) is 12.1 Å². The highest BCUT2D eigenvalue weighted by Crippen LogP contribution is 2.73. The molecule has 1 aromatic rings. The van der Waals surface area contributed by atoms with E-state index in [-0.39, 0.29) is 11.3 Å². The summed E-state index contributed by atoms with van der Waals surface area (Å²) in [5.41, 5.74) is 4.65. The van der Waals surface area contributed by atoms with Crippen LogP contribution in [0.25, 0.3) is 5.57 Å². The number of hydrogen-bond acceptors (Lipinski definition) is 4. The highest BCUT2D eigenvalue weighted by atomic mass is 16.4. The van der Waals surface area contributed by atoms with E-state index in [1.165, 1.54) is 75.3 Å². The van der Waals surface area contributed by atoms with Crippen LogP contribution >= 0.6 is 0 Å². The van der Waals surface area contributed by atoms with Gasteiger partial charge in [-0.05, 0) is 139 Å². The summed E-state index contributed by atoms with van der Waals surface area (Å²) in [6, 6.07) is 7.64. The molecule has 6 aliphatic rings. The van der Waals surface area contributed by atoms with Crippen molar-refractivity contribution in [3.05, 3.63) is 54.1 Å². The monoisotopic (exact) mass is 796 g/mol. The second-order valence-corrected chi connectivity index (χ2v) is 17.7. The van der Waals surface area contributed by atoms with Gasteiger partial charge in [0.15, 0.2) is 0 Å². The largest absolute Gasteiger partial charge is 0.478 e. The second kappa shape index (κ2) is 24.0. The minimum absolute atomic E-state index is 0.0624. The number of terminal acetylenes is 3. The van der Waals surface area contributed by atoms with E-state index in [2.05, 4.69) is 96.4 Å². The number of carbonyl (C=O) groups is 3. The van der Waals surface area contributed by atoms with Crippen molar-refractivity contribution in [2.45, 2.75) is 120 Å². The van der Waals surface area contributed by atoms with Gasteiger partial charge in [-0.25, -0.2) is 4.79 Å². The van der Waals surface area contributed by atoms with Crippen LogP contribution in [0.3, 0.4) is 0 Å². The van der Waals surface area contributed by atoms with Crippen LogP contribution < -0.4 is 10.6 Å². The maximum atomic E-state index is 11.4. The predicted molar refractivity (Wildman–Crippen MR) is 244 cm³/mol. The van der Waals surface area contributed by atoms with Gasteiger partial charge >= 0.3 is 5.97 Å². The van der Waals surface area contributed by atoms with Gasteiger partial charge in [-0.15, -0.1) is 45.1 Å². The van der Waals surface area contributed by atoms with Crippen LogP contribution in [-0.2, 0) is 9.59 Å². The van der Waals surface area contributed by atoms with E-state index < -0.39 is 5.97 Å². The van der Waals surface area contributed by atoms with Crippen molar-refractivity contribution in [2.24, 2.45) is 51.2 Å². The molecule has 5 aliphatic carbocycles. The summed E-state index contributed by atoms with van der Waals surface area (Å²) in [5.74, 6) is 3.64. The molecule has 4 saturated carbocycles. The number of nitrogens with zero attached hydrogens (tertiary/aromatic N) is 1. The Bertz CT molecular complexity index is 1540. The first-order valence-corrected chi connectivity index (χ1v) is 21.5. The summed E-state index contributed by atoms with van der Waals surface area (Å²) in [5, 5.41) is 14.6. The molecule has 2 amide bonds. The number of allylic oxidation sites excluding steroid dienone is 3. The zero-order valence-electron chi connectivity index (χ0n) is 37.3. The molecule has 7 nitrogen and oxygen atoms in total. The SMILES string of the molecule is C#C.C#C.C#C.C=CC.CC.CC1(C)C(c2ccc(C(=O)O)cc2)=CC[C@@]2(C)C1CC[C@@]1(C)C3CC[C@@]4(C)CCCC4[C@H]3CCC12.O=CNCCN1CCNC(=O)C1. The molecule has 320 valence electrons. The van der Waals surface area contributed by atoms with Gasteiger partial charge in [-0.1, -0.05) is 79.2 Å². The Morgan fingerprint density at radius 1 is 0.897 bits per heavy atom. The fourth-order valence-corrected chi connectivity index (χ4v) is 12.6. The van der Waals surface area contributed by atoms with Crippen LogP contribution in [0.2, 0.25) is 0 Å². The number of carbonyl (C=O) groups excluding carboxylic acids is 2. The van der Waals surface area contributed by atoms with Gasteiger partial charge in [0.25, 0.3) is 0 Å². The lowest BCUT2D eigenvalue weighted by Gasteiger charge is -2.68. The Hall–Kier alpha value is -4.25. The molecule has 0 spiro atoms. The number of piperazine rings is 1. The second-order valence-electron chi connectivity index (χ2n) is 17.7. The molecule has 1 saturated heterocycles. The molecular formula is C51H77N3O4. The van der Waals surface area contributed by atoms with Gasteiger partial charge < -0.3 is 15.7 Å². The normalized spacial score (nSPS) is 32.0. The number of aromatic carboxylic acids is 1. The first-order valence-electron chi connectivity index (χ1n) is 21.5. The van der Waals surface area contributed by atoms with Gasteiger partial charge in [0.2, 0.25) is 12.3 Å². The summed E-state index contributed by atoms with van der Waals surface area (Å²) < 4.78 is 0. The third-order valence-corrected chi connectivity index (χ3v) is 14.7. The van der Waals surface area contributed by atoms with E-state index in [9.17, 15) is 19.5 Å². The van der Waals surface area contributed by atoms with Crippen LogP contribution in [-0.4, -0.2) is 61.0 Å². The molecule has 4 unspecified atom stereocenters. The summed E-state index contributed by atoms with van der Waals surface area (Å²) in [6.45, 7) is 25.6. The van der Waals surface area contributed by atoms with Crippen LogP contribution in [0.15, 0.2) is 43.0 Å². The van der Waals surface area contributed by atoms with Crippen molar-refractivity contribution in [1.82, 2.24) is 15.5 Å². The molecule has 7 heteroatoms. The molecule has 0 aromatic heterocycles. The van der Waals surface area contributed by atoms with Crippen LogP contribution in [0.1, 0.15) is 136 Å². The number of fused-ring (bicyclic) bond motifs is 7. The van der Waals surface area contributed by atoms with E-state index in [0.717, 1.165) is 36.8 Å². The average Bonchev–Trinajstić information content (AvgIpc) is 3.63. The first kappa shape index (κ1) is 51.8. The van der Waals surface area contributed by atoms with Crippen molar-refractivity contribution < 1.29 is 19.5 Å². The van der Waals surface area contributed by atoms with Gasteiger partial charge in [0.1, 0.15) is 0 Å². The zero-order valence-corrected chi connectivity index (χ0v) is 37.3. The Labute approximate surface area is 354 Å². The number of carboxylic acid groups (broad SMARTS) is 1. The van der Waals surface area contributed by atoms with E-state index in [4.69, 9.17) is 0 Å². The zero-order chi connectivity index (χ0) is 44.3. The van der Waals surface area contributed by atoms with Gasteiger partial charge in [-0.3, -0.25) is 14.5 Å².